The number of benzene rings is 2. The Balaban J connectivity index is 1.34. The summed E-state index contributed by atoms with van der Waals surface area (Å²) in [5.74, 6) is -3.00. The number of nitrogens with zero attached hydrogens (tertiary/aromatic N) is 2. The van der Waals surface area contributed by atoms with Crippen molar-refractivity contribution >= 4 is 47.0 Å². The average Bonchev–Trinajstić information content (AvgIpc) is 3.54. The second kappa shape index (κ2) is 18.1. The van der Waals surface area contributed by atoms with Gasteiger partial charge in [-0.15, -0.1) is 0 Å². The molecule has 0 spiro atoms. The minimum Gasteiger partial charge on any atom is -0.461 e. The first-order valence-corrected chi connectivity index (χ1v) is 17.1. The fourth-order valence-electron chi connectivity index (χ4n) is 5.79. The van der Waals surface area contributed by atoms with Crippen LogP contribution in [0.4, 0.5) is 10.1 Å². The van der Waals surface area contributed by atoms with Crippen molar-refractivity contribution in [3.8, 4) is 0 Å². The van der Waals surface area contributed by atoms with Crippen LogP contribution in [0.5, 0.6) is 0 Å². The number of hydrogen-bond acceptors (Lipinski definition) is 8. The van der Waals surface area contributed by atoms with Crippen LogP contribution in [0.1, 0.15) is 78.5 Å². The number of carbonyl (C=O) groups is 5. The van der Waals surface area contributed by atoms with Crippen molar-refractivity contribution in [2.24, 2.45) is 0 Å². The highest BCUT2D eigenvalue weighted by atomic mass is 19.1. The normalized spacial score (nSPS) is 13.7. The summed E-state index contributed by atoms with van der Waals surface area (Å²) >= 11 is 0. The lowest BCUT2D eigenvalue weighted by Gasteiger charge is -2.19. The smallest absolute Gasteiger partial charge is 0.330 e. The molecule has 13 heteroatoms. The maximum absolute atomic E-state index is 14.4. The number of carbonyl (C=O) groups excluding carboxylic acids is 5. The number of H-pyrrole nitrogens is 1. The van der Waals surface area contributed by atoms with Gasteiger partial charge in [-0.05, 0) is 75.7 Å². The van der Waals surface area contributed by atoms with Crippen LogP contribution >= 0.6 is 0 Å². The number of aromatic nitrogens is 1. The molecule has 3 N–H and O–H groups in total. The van der Waals surface area contributed by atoms with Crippen molar-refractivity contribution in [3.05, 3.63) is 88.0 Å². The summed E-state index contributed by atoms with van der Waals surface area (Å²) in [6, 6.07) is 12.1. The lowest BCUT2D eigenvalue weighted by molar-refractivity contribution is -0.148. The second-order valence-corrected chi connectivity index (χ2v) is 12.3. The summed E-state index contributed by atoms with van der Waals surface area (Å²) in [5.41, 5.74) is 3.89. The third kappa shape index (κ3) is 10.1. The molecule has 0 bridgehead atoms. The van der Waals surface area contributed by atoms with Gasteiger partial charge in [-0.2, -0.15) is 0 Å². The van der Waals surface area contributed by atoms with E-state index in [1.165, 1.54) is 30.0 Å². The minimum absolute atomic E-state index is 0.00686. The first kappa shape index (κ1) is 38.5. The Morgan fingerprint density at radius 1 is 1.02 bits per heavy atom. The van der Waals surface area contributed by atoms with Crippen LogP contribution in [0.25, 0.3) is 11.6 Å². The number of aryl methyl sites for hydroxylation is 1. The Bertz CT molecular complexity index is 1770. The van der Waals surface area contributed by atoms with Crippen LogP contribution in [0, 0.1) is 19.7 Å². The van der Waals surface area contributed by atoms with Gasteiger partial charge in [0.1, 0.15) is 18.5 Å². The van der Waals surface area contributed by atoms with Crippen LogP contribution in [0.2, 0.25) is 0 Å². The Morgan fingerprint density at radius 2 is 1.75 bits per heavy atom. The molecule has 3 aromatic rings. The van der Waals surface area contributed by atoms with E-state index in [0.29, 0.717) is 46.9 Å². The molecule has 1 unspecified atom stereocenters. The van der Waals surface area contributed by atoms with E-state index < -0.39 is 42.3 Å². The number of esters is 2. The maximum atomic E-state index is 14.4. The predicted molar refractivity (Wildman–Crippen MR) is 191 cm³/mol. The first-order chi connectivity index (χ1) is 24.4. The van der Waals surface area contributed by atoms with Gasteiger partial charge in [0.15, 0.2) is 6.73 Å². The van der Waals surface area contributed by atoms with Crippen molar-refractivity contribution in [3.63, 3.8) is 0 Å². The van der Waals surface area contributed by atoms with E-state index in [9.17, 15) is 28.4 Å². The molecule has 0 fully saturated rings. The Labute approximate surface area is 297 Å². The molecule has 2 aromatic carbocycles. The van der Waals surface area contributed by atoms with E-state index in [1.807, 2.05) is 30.3 Å². The van der Waals surface area contributed by atoms with Crippen LogP contribution in [-0.2, 0) is 35.3 Å². The average molecular weight is 704 g/mol. The molecule has 1 aromatic heterocycles. The summed E-state index contributed by atoms with van der Waals surface area (Å²) < 4.78 is 25.0. The van der Waals surface area contributed by atoms with Gasteiger partial charge in [-0.3, -0.25) is 24.1 Å². The number of amides is 3. The van der Waals surface area contributed by atoms with Gasteiger partial charge in [0.05, 0.1) is 16.8 Å². The van der Waals surface area contributed by atoms with Gasteiger partial charge >= 0.3 is 11.9 Å². The second-order valence-electron chi connectivity index (χ2n) is 12.3. The van der Waals surface area contributed by atoms with Crippen molar-refractivity contribution in [2.45, 2.75) is 66.5 Å². The van der Waals surface area contributed by atoms with E-state index in [1.54, 1.807) is 19.9 Å². The molecule has 3 amide bonds. The van der Waals surface area contributed by atoms with Crippen molar-refractivity contribution in [1.82, 2.24) is 20.5 Å². The molecular formula is C38H46FN5O7. The number of aromatic amines is 1. The van der Waals surface area contributed by atoms with E-state index in [-0.39, 0.29) is 37.3 Å². The van der Waals surface area contributed by atoms with Crippen LogP contribution in [-0.4, -0.2) is 78.5 Å². The standard InChI is InChI=1S/C38H46FN5O7/c1-6-43(7-2)19-18-40-36(47)35-24(3)31(41-25(35)4)21-30-29-20-28(39)16-17-32(29)44(37(30)48)23-51-38(49)26(5)42-33(45)14-11-15-34(46)50-22-27-12-9-8-10-13-27/h8-10,12-13,16-17,20-21,26,41H,6-7,11,14-15,18-19,22-23H2,1-5H3,(H,40,47)(H,42,45)/b30-21-. The molecule has 1 atom stereocenters. The summed E-state index contributed by atoms with van der Waals surface area (Å²) in [6.07, 6.45) is 1.83. The van der Waals surface area contributed by atoms with Gasteiger partial charge in [0, 0.05) is 42.9 Å². The van der Waals surface area contributed by atoms with Gasteiger partial charge in [0.25, 0.3) is 11.8 Å². The lowest BCUT2D eigenvalue weighted by Crippen LogP contribution is -2.41. The van der Waals surface area contributed by atoms with Crippen molar-refractivity contribution in [2.75, 3.05) is 37.8 Å². The van der Waals surface area contributed by atoms with E-state index in [4.69, 9.17) is 9.47 Å². The molecule has 272 valence electrons. The quantitative estimate of drug-likeness (QED) is 0.136. The molecule has 0 saturated carbocycles. The van der Waals surface area contributed by atoms with E-state index in [0.717, 1.165) is 18.7 Å². The lowest BCUT2D eigenvalue weighted by atomic mass is 10.0. The molecule has 1 aliphatic rings. The monoisotopic (exact) mass is 703 g/mol. The Kier molecular flexibility index (Phi) is 13.7. The third-order valence-corrected chi connectivity index (χ3v) is 8.71. The zero-order chi connectivity index (χ0) is 37.1. The van der Waals surface area contributed by atoms with Crippen LogP contribution in [0.3, 0.4) is 0 Å². The largest absolute Gasteiger partial charge is 0.461 e. The zero-order valence-corrected chi connectivity index (χ0v) is 29.8. The van der Waals surface area contributed by atoms with E-state index >= 15 is 0 Å². The van der Waals surface area contributed by atoms with Crippen LogP contribution in [0.15, 0.2) is 48.5 Å². The molecular weight excluding hydrogens is 657 g/mol. The molecule has 51 heavy (non-hydrogen) atoms. The van der Waals surface area contributed by atoms with Crippen molar-refractivity contribution < 1.29 is 37.8 Å². The number of halogens is 1. The number of likely N-dealkylation sites (N-methyl/N-ethyl adjacent to an activating group) is 1. The van der Waals surface area contributed by atoms with E-state index in [2.05, 4.69) is 34.4 Å². The number of anilines is 1. The fourth-order valence-corrected chi connectivity index (χ4v) is 5.79. The summed E-state index contributed by atoms with van der Waals surface area (Å²) in [5, 5.41) is 5.50. The van der Waals surface area contributed by atoms with Crippen LogP contribution < -0.4 is 15.5 Å². The zero-order valence-electron chi connectivity index (χ0n) is 29.8. The molecule has 0 saturated heterocycles. The number of ether oxygens (including phenoxy) is 2. The van der Waals surface area contributed by atoms with Gasteiger partial charge in [0.2, 0.25) is 5.91 Å². The molecule has 1 aliphatic heterocycles. The third-order valence-electron chi connectivity index (χ3n) is 8.71. The number of fused-ring (bicyclic) bond motifs is 1. The topological polar surface area (TPSA) is 150 Å². The van der Waals surface area contributed by atoms with Gasteiger partial charge in [-0.25, -0.2) is 9.18 Å². The first-order valence-electron chi connectivity index (χ1n) is 17.1. The van der Waals surface area contributed by atoms with Gasteiger partial charge in [-0.1, -0.05) is 44.2 Å². The minimum atomic E-state index is -1.04. The summed E-state index contributed by atoms with van der Waals surface area (Å²) in [6.45, 7) is 11.7. The molecule has 0 radical (unpaired) electrons. The van der Waals surface area contributed by atoms with Crippen molar-refractivity contribution in [1.29, 1.82) is 0 Å². The molecule has 12 nitrogen and oxygen atoms in total. The van der Waals surface area contributed by atoms with Gasteiger partial charge < -0.3 is 30.0 Å². The highest BCUT2D eigenvalue weighted by Crippen LogP contribution is 2.38. The fraction of sp³-hybridized carbons (Fsp3) is 0.395. The number of rotatable bonds is 17. The Hall–Kier alpha value is -5.30. The number of nitrogens with one attached hydrogen (secondary N) is 3. The molecule has 2 heterocycles. The highest BCUT2D eigenvalue weighted by molar-refractivity contribution is 6.35. The SMILES string of the molecule is CCN(CC)CCNC(=O)c1c(C)[nH]c(/C=C2\C(=O)N(COC(=O)C(C)NC(=O)CCCC(=O)OCc3ccccc3)c3ccc(F)cc32)c1C. The molecule has 4 rings (SSSR count). The Morgan fingerprint density at radius 3 is 2.45 bits per heavy atom. The number of hydrogen-bond donors (Lipinski definition) is 3. The summed E-state index contributed by atoms with van der Waals surface area (Å²) in [4.78, 5) is 70.6. The highest BCUT2D eigenvalue weighted by Gasteiger charge is 2.34. The predicted octanol–water partition coefficient (Wildman–Crippen LogP) is 4.65. The maximum Gasteiger partial charge on any atom is 0.330 e. The molecule has 0 aliphatic carbocycles. The summed E-state index contributed by atoms with van der Waals surface area (Å²) in [7, 11) is 0.